The van der Waals surface area contributed by atoms with Gasteiger partial charge in [0.1, 0.15) is 5.75 Å². The van der Waals surface area contributed by atoms with Crippen molar-refractivity contribution in [2.24, 2.45) is 0 Å². The van der Waals surface area contributed by atoms with Gasteiger partial charge in [0, 0.05) is 15.9 Å². The minimum atomic E-state index is -0.818. The molecule has 0 heterocycles. The van der Waals surface area contributed by atoms with E-state index < -0.39 is 6.86 Å². The van der Waals surface area contributed by atoms with E-state index >= 15 is 0 Å². The molecule has 4 heteroatoms. The van der Waals surface area contributed by atoms with E-state index in [0.29, 0.717) is 10.8 Å². The summed E-state index contributed by atoms with van der Waals surface area (Å²) in [6.07, 6.45) is 1.74. The van der Waals surface area contributed by atoms with Crippen molar-refractivity contribution in [2.45, 2.75) is 12.8 Å². The van der Waals surface area contributed by atoms with Crippen molar-refractivity contribution < 1.29 is 9.13 Å². The molecule has 0 aliphatic rings. The number of halogens is 3. The SMILES string of the molecule is FCOc1cccc(Cl)c1CCCBr. The quantitative estimate of drug-likeness (QED) is 0.742. The molecule has 0 spiro atoms. The zero-order valence-electron chi connectivity index (χ0n) is 7.60. The van der Waals surface area contributed by atoms with Crippen LogP contribution in [0.2, 0.25) is 5.02 Å². The maximum absolute atomic E-state index is 12.0. The van der Waals surface area contributed by atoms with Gasteiger partial charge in [-0.2, -0.15) is 0 Å². The number of benzene rings is 1. The van der Waals surface area contributed by atoms with Gasteiger partial charge in [0.2, 0.25) is 6.86 Å². The minimum Gasteiger partial charge on any atom is -0.463 e. The Balaban J connectivity index is 2.84. The van der Waals surface area contributed by atoms with Crippen LogP contribution in [0.15, 0.2) is 18.2 Å². The largest absolute Gasteiger partial charge is 0.463 e. The average molecular weight is 282 g/mol. The van der Waals surface area contributed by atoms with E-state index in [-0.39, 0.29) is 0 Å². The molecule has 0 N–H and O–H groups in total. The molecule has 0 bridgehead atoms. The van der Waals surface area contributed by atoms with Crippen LogP contribution in [-0.4, -0.2) is 12.2 Å². The van der Waals surface area contributed by atoms with E-state index in [1.54, 1.807) is 18.2 Å². The number of alkyl halides is 2. The lowest BCUT2D eigenvalue weighted by Crippen LogP contribution is -1.97. The van der Waals surface area contributed by atoms with E-state index in [9.17, 15) is 4.39 Å². The zero-order chi connectivity index (χ0) is 10.4. The van der Waals surface area contributed by atoms with Crippen molar-refractivity contribution in [3.63, 3.8) is 0 Å². The van der Waals surface area contributed by atoms with Gasteiger partial charge in [-0.3, -0.25) is 0 Å². The maximum Gasteiger partial charge on any atom is 0.228 e. The number of hydrogen-bond acceptors (Lipinski definition) is 1. The van der Waals surface area contributed by atoms with E-state index in [1.807, 2.05) is 0 Å². The normalized spacial score (nSPS) is 10.2. The molecule has 0 saturated heterocycles. The smallest absolute Gasteiger partial charge is 0.228 e. The van der Waals surface area contributed by atoms with Crippen LogP contribution in [0.5, 0.6) is 5.75 Å². The Hall–Kier alpha value is -0.280. The molecule has 0 aliphatic carbocycles. The molecule has 0 radical (unpaired) electrons. The predicted octanol–water partition coefficient (Wildman–Crippen LogP) is 3.97. The van der Waals surface area contributed by atoms with Crippen molar-refractivity contribution in [1.82, 2.24) is 0 Å². The molecule has 1 aromatic rings. The first kappa shape index (κ1) is 11.8. The summed E-state index contributed by atoms with van der Waals surface area (Å²) in [5.74, 6) is 0.543. The highest BCUT2D eigenvalue weighted by Crippen LogP contribution is 2.27. The van der Waals surface area contributed by atoms with Crippen molar-refractivity contribution in [1.29, 1.82) is 0 Å². The fourth-order valence-electron chi connectivity index (χ4n) is 1.22. The highest BCUT2D eigenvalue weighted by Gasteiger charge is 2.07. The topological polar surface area (TPSA) is 9.23 Å². The molecule has 0 atom stereocenters. The van der Waals surface area contributed by atoms with Gasteiger partial charge in [0.15, 0.2) is 0 Å². The van der Waals surface area contributed by atoms with E-state index in [2.05, 4.69) is 15.9 Å². The van der Waals surface area contributed by atoms with Crippen molar-refractivity contribution in [3.8, 4) is 5.75 Å². The average Bonchev–Trinajstić information content (AvgIpc) is 2.18. The molecule has 14 heavy (non-hydrogen) atoms. The molecule has 0 aliphatic heterocycles. The van der Waals surface area contributed by atoms with Gasteiger partial charge in [-0.1, -0.05) is 33.6 Å². The van der Waals surface area contributed by atoms with Crippen molar-refractivity contribution >= 4 is 27.5 Å². The summed E-state index contributed by atoms with van der Waals surface area (Å²) < 4.78 is 16.9. The summed E-state index contributed by atoms with van der Waals surface area (Å²) >= 11 is 9.32. The summed E-state index contributed by atoms with van der Waals surface area (Å²) in [6.45, 7) is -0.818. The second-order valence-electron chi connectivity index (χ2n) is 2.76. The van der Waals surface area contributed by atoms with E-state index in [1.165, 1.54) is 0 Å². The number of ether oxygens (including phenoxy) is 1. The second-order valence-corrected chi connectivity index (χ2v) is 3.96. The predicted molar refractivity (Wildman–Crippen MR) is 60.2 cm³/mol. The van der Waals surface area contributed by atoms with Crippen LogP contribution in [0.1, 0.15) is 12.0 Å². The van der Waals surface area contributed by atoms with E-state index in [0.717, 1.165) is 23.7 Å². The van der Waals surface area contributed by atoms with Gasteiger partial charge in [0.05, 0.1) is 0 Å². The molecule has 0 amide bonds. The van der Waals surface area contributed by atoms with Crippen LogP contribution in [0.4, 0.5) is 4.39 Å². The van der Waals surface area contributed by atoms with Crippen LogP contribution in [-0.2, 0) is 6.42 Å². The summed E-state index contributed by atoms with van der Waals surface area (Å²) in [7, 11) is 0. The Labute approximate surface area is 96.3 Å². The molecule has 1 nitrogen and oxygen atoms in total. The maximum atomic E-state index is 12.0. The Morgan fingerprint density at radius 3 is 2.86 bits per heavy atom. The number of rotatable bonds is 5. The molecular weight excluding hydrogens is 270 g/mol. The molecule has 1 rings (SSSR count). The van der Waals surface area contributed by atoms with Crippen LogP contribution < -0.4 is 4.74 Å². The third-order valence-electron chi connectivity index (χ3n) is 1.85. The Morgan fingerprint density at radius 1 is 1.43 bits per heavy atom. The third kappa shape index (κ3) is 3.14. The molecule has 0 saturated carbocycles. The van der Waals surface area contributed by atoms with Crippen molar-refractivity contribution in [3.05, 3.63) is 28.8 Å². The Morgan fingerprint density at radius 2 is 2.21 bits per heavy atom. The lowest BCUT2D eigenvalue weighted by molar-refractivity contribution is 0.190. The second kappa shape index (κ2) is 6.25. The van der Waals surface area contributed by atoms with Gasteiger partial charge < -0.3 is 4.74 Å². The van der Waals surface area contributed by atoms with Gasteiger partial charge in [-0.25, -0.2) is 4.39 Å². The Kier molecular flexibility index (Phi) is 5.26. The fraction of sp³-hybridized carbons (Fsp3) is 0.400. The molecule has 0 aromatic heterocycles. The number of hydrogen-bond donors (Lipinski definition) is 0. The molecule has 0 fully saturated rings. The summed E-state index contributed by atoms with van der Waals surface area (Å²) in [6, 6.07) is 5.27. The minimum absolute atomic E-state index is 0.543. The first-order valence-corrected chi connectivity index (χ1v) is 5.81. The summed E-state index contributed by atoms with van der Waals surface area (Å²) in [5.41, 5.74) is 0.881. The summed E-state index contributed by atoms with van der Waals surface area (Å²) in [4.78, 5) is 0. The molecule has 0 unspecified atom stereocenters. The standard InChI is InChI=1S/C10H11BrClFO/c11-6-2-3-8-9(12)4-1-5-10(8)14-7-13/h1,4-5H,2-3,6-7H2. The first-order valence-electron chi connectivity index (χ1n) is 4.31. The van der Waals surface area contributed by atoms with Gasteiger partial charge >= 0.3 is 0 Å². The van der Waals surface area contributed by atoms with Gasteiger partial charge in [0.25, 0.3) is 0 Å². The van der Waals surface area contributed by atoms with E-state index in [4.69, 9.17) is 16.3 Å². The van der Waals surface area contributed by atoms with Crippen LogP contribution >= 0.6 is 27.5 Å². The summed E-state index contributed by atoms with van der Waals surface area (Å²) in [5, 5.41) is 1.53. The van der Waals surface area contributed by atoms with Gasteiger partial charge in [-0.15, -0.1) is 0 Å². The molecule has 78 valence electrons. The lowest BCUT2D eigenvalue weighted by atomic mass is 10.1. The van der Waals surface area contributed by atoms with Crippen LogP contribution in [0.25, 0.3) is 0 Å². The first-order chi connectivity index (χ1) is 6.79. The highest BCUT2D eigenvalue weighted by atomic mass is 79.9. The lowest BCUT2D eigenvalue weighted by Gasteiger charge is -2.09. The third-order valence-corrected chi connectivity index (χ3v) is 2.76. The van der Waals surface area contributed by atoms with Gasteiger partial charge in [-0.05, 0) is 25.0 Å². The van der Waals surface area contributed by atoms with Crippen molar-refractivity contribution in [2.75, 3.05) is 12.2 Å². The van der Waals surface area contributed by atoms with Crippen LogP contribution in [0, 0.1) is 0 Å². The zero-order valence-corrected chi connectivity index (χ0v) is 9.94. The monoisotopic (exact) mass is 280 g/mol. The highest BCUT2D eigenvalue weighted by molar-refractivity contribution is 9.09. The fourth-order valence-corrected chi connectivity index (χ4v) is 1.76. The molecule has 1 aromatic carbocycles. The Bertz CT molecular complexity index is 293. The van der Waals surface area contributed by atoms with Crippen LogP contribution in [0.3, 0.4) is 0 Å². The molecular formula is C10H11BrClFO.